The van der Waals surface area contributed by atoms with Gasteiger partial charge < -0.3 is 11.5 Å². The van der Waals surface area contributed by atoms with Gasteiger partial charge in [-0.15, -0.1) is 0 Å². The molecule has 5 nitrogen and oxygen atoms in total. The zero-order valence-electron chi connectivity index (χ0n) is 18.3. The maximum atomic E-state index is 12.4. The Morgan fingerprint density at radius 2 is 1.62 bits per heavy atom. The number of primary amides is 1. The van der Waals surface area contributed by atoms with Crippen LogP contribution < -0.4 is 11.5 Å². The van der Waals surface area contributed by atoms with Gasteiger partial charge in [0.15, 0.2) is 0 Å². The number of nitrogen functional groups attached to an aromatic ring is 1. The minimum Gasteiger partial charge on any atom is -0.383 e. The number of nitrogens with two attached hydrogens (primary N) is 2. The van der Waals surface area contributed by atoms with Crippen LogP contribution in [0.4, 0.5) is 5.82 Å². The van der Waals surface area contributed by atoms with Gasteiger partial charge in [-0.2, -0.15) is 0 Å². The zero-order chi connectivity index (χ0) is 22.5. The zero-order valence-corrected chi connectivity index (χ0v) is 18.3. The van der Waals surface area contributed by atoms with Crippen molar-refractivity contribution in [3.8, 4) is 22.4 Å². The first-order valence-electron chi connectivity index (χ1n) is 10.8. The fourth-order valence-electron chi connectivity index (χ4n) is 5.23. The number of benzene rings is 2. The highest BCUT2D eigenvalue weighted by molar-refractivity contribution is 5.96. The average molecular weight is 423 g/mol. The lowest BCUT2D eigenvalue weighted by Gasteiger charge is -2.51. The Kier molecular flexibility index (Phi) is 4.52. The molecular weight excluding hydrogens is 396 g/mol. The van der Waals surface area contributed by atoms with Crippen LogP contribution in [-0.2, 0) is 10.2 Å². The molecule has 2 heterocycles. The van der Waals surface area contributed by atoms with Gasteiger partial charge in [0.1, 0.15) is 5.82 Å². The third-order valence-corrected chi connectivity index (χ3v) is 6.60. The summed E-state index contributed by atoms with van der Waals surface area (Å²) in [6.07, 6.45) is 3.21. The van der Waals surface area contributed by atoms with Crippen molar-refractivity contribution >= 4 is 22.6 Å². The van der Waals surface area contributed by atoms with Gasteiger partial charge in [0.2, 0.25) is 5.91 Å². The maximum absolute atomic E-state index is 12.4. The van der Waals surface area contributed by atoms with Crippen molar-refractivity contribution in [2.24, 2.45) is 11.1 Å². The lowest BCUT2D eigenvalue weighted by molar-refractivity contribution is -0.131. The molecule has 0 saturated heterocycles. The smallest absolute Gasteiger partial charge is 0.228 e. The molecule has 5 rings (SSSR count). The Bertz CT molecular complexity index is 1320. The predicted molar refractivity (Wildman–Crippen MR) is 129 cm³/mol. The standard InChI is InChI=1S/C27H26N4O/c1-26(2)15-27(16-26,25(29)32)19-10-8-18(9-11-19)23-20(17-6-4-3-5-7-17)14-21-22(31-23)12-13-30-24(21)28/h3-14H,15-16H2,1-2H3,(H2,28,30)(H2,29,32). The number of carbonyl (C=O) groups is 1. The highest BCUT2D eigenvalue weighted by Crippen LogP contribution is 2.55. The average Bonchev–Trinajstić information content (AvgIpc) is 2.77. The maximum Gasteiger partial charge on any atom is 0.228 e. The highest BCUT2D eigenvalue weighted by atomic mass is 16.1. The van der Waals surface area contributed by atoms with E-state index in [0.717, 1.165) is 51.7 Å². The molecule has 160 valence electrons. The number of fused-ring (bicyclic) bond motifs is 1. The molecule has 1 saturated carbocycles. The fourth-order valence-corrected chi connectivity index (χ4v) is 5.23. The van der Waals surface area contributed by atoms with E-state index < -0.39 is 5.41 Å². The van der Waals surface area contributed by atoms with Gasteiger partial charge in [-0.3, -0.25) is 4.79 Å². The summed E-state index contributed by atoms with van der Waals surface area (Å²) in [5, 5.41) is 0.830. The van der Waals surface area contributed by atoms with Crippen molar-refractivity contribution in [3.05, 3.63) is 78.5 Å². The van der Waals surface area contributed by atoms with Crippen molar-refractivity contribution in [2.45, 2.75) is 32.1 Å². The van der Waals surface area contributed by atoms with Crippen molar-refractivity contribution < 1.29 is 4.79 Å². The summed E-state index contributed by atoms with van der Waals surface area (Å²) >= 11 is 0. The molecule has 0 spiro atoms. The molecule has 2 aromatic heterocycles. The summed E-state index contributed by atoms with van der Waals surface area (Å²) in [6.45, 7) is 4.35. The Morgan fingerprint density at radius 3 is 2.25 bits per heavy atom. The number of nitrogens with zero attached hydrogens (tertiary/aromatic N) is 2. The minimum absolute atomic E-state index is 0.127. The van der Waals surface area contributed by atoms with Gasteiger partial charge in [-0.25, -0.2) is 9.97 Å². The van der Waals surface area contributed by atoms with E-state index in [2.05, 4.69) is 37.0 Å². The minimum atomic E-state index is -0.582. The molecule has 0 bridgehead atoms. The molecule has 0 aliphatic heterocycles. The molecule has 1 aliphatic rings. The summed E-state index contributed by atoms with van der Waals surface area (Å²) in [4.78, 5) is 21.5. The lowest BCUT2D eigenvalue weighted by atomic mass is 9.51. The quantitative estimate of drug-likeness (QED) is 0.479. The van der Waals surface area contributed by atoms with Crippen LogP contribution in [0.3, 0.4) is 0 Å². The number of anilines is 1. The number of hydrogen-bond acceptors (Lipinski definition) is 4. The highest BCUT2D eigenvalue weighted by Gasteiger charge is 2.54. The largest absolute Gasteiger partial charge is 0.383 e. The van der Waals surface area contributed by atoms with Gasteiger partial charge in [0, 0.05) is 22.7 Å². The Balaban J connectivity index is 1.64. The molecule has 1 fully saturated rings. The number of hydrogen-bond donors (Lipinski definition) is 2. The fraction of sp³-hybridized carbons (Fsp3) is 0.222. The molecule has 4 N–H and O–H groups in total. The summed E-state index contributed by atoms with van der Waals surface area (Å²) in [5.41, 5.74) is 17.2. The second-order valence-electron chi connectivity index (χ2n) is 9.55. The molecule has 0 unspecified atom stereocenters. The second-order valence-corrected chi connectivity index (χ2v) is 9.55. The van der Waals surface area contributed by atoms with E-state index in [1.807, 2.05) is 48.5 Å². The van der Waals surface area contributed by atoms with Crippen LogP contribution in [0.15, 0.2) is 72.9 Å². The van der Waals surface area contributed by atoms with Crippen molar-refractivity contribution in [1.29, 1.82) is 0 Å². The molecule has 0 atom stereocenters. The van der Waals surface area contributed by atoms with Crippen molar-refractivity contribution in [2.75, 3.05) is 5.73 Å². The van der Waals surface area contributed by atoms with Crippen LogP contribution in [0.25, 0.3) is 33.3 Å². The van der Waals surface area contributed by atoms with Gasteiger partial charge in [-0.1, -0.05) is 68.4 Å². The first-order valence-corrected chi connectivity index (χ1v) is 10.8. The molecule has 0 radical (unpaired) electrons. The van der Waals surface area contributed by atoms with Gasteiger partial charge in [-0.05, 0) is 41.5 Å². The number of rotatable bonds is 4. The van der Waals surface area contributed by atoms with Crippen molar-refractivity contribution in [1.82, 2.24) is 9.97 Å². The van der Waals surface area contributed by atoms with Crippen LogP contribution in [0.2, 0.25) is 0 Å². The van der Waals surface area contributed by atoms with E-state index >= 15 is 0 Å². The Morgan fingerprint density at radius 1 is 0.938 bits per heavy atom. The van der Waals surface area contributed by atoms with Crippen LogP contribution in [0.5, 0.6) is 0 Å². The molecule has 2 aromatic carbocycles. The topological polar surface area (TPSA) is 94.9 Å². The van der Waals surface area contributed by atoms with E-state index in [-0.39, 0.29) is 11.3 Å². The molecule has 5 heteroatoms. The summed E-state index contributed by atoms with van der Waals surface area (Å²) < 4.78 is 0. The SMILES string of the molecule is CC1(C)CC(C(N)=O)(c2ccc(-c3nc4ccnc(N)c4cc3-c3ccccc3)cc2)C1. The molecule has 1 aliphatic carbocycles. The first-order chi connectivity index (χ1) is 15.3. The van der Waals surface area contributed by atoms with E-state index in [0.29, 0.717) is 5.82 Å². The van der Waals surface area contributed by atoms with Crippen LogP contribution in [0.1, 0.15) is 32.3 Å². The van der Waals surface area contributed by atoms with Gasteiger partial charge in [0.25, 0.3) is 0 Å². The lowest BCUT2D eigenvalue weighted by Crippen LogP contribution is -2.54. The monoisotopic (exact) mass is 422 g/mol. The third kappa shape index (κ3) is 3.21. The van der Waals surface area contributed by atoms with E-state index in [9.17, 15) is 4.79 Å². The normalized spacial score (nSPS) is 16.4. The van der Waals surface area contributed by atoms with Crippen LogP contribution in [0, 0.1) is 5.41 Å². The summed E-state index contributed by atoms with van der Waals surface area (Å²) in [5.74, 6) is 0.214. The Hall–Kier alpha value is -3.73. The molecule has 32 heavy (non-hydrogen) atoms. The van der Waals surface area contributed by atoms with Crippen LogP contribution in [-0.4, -0.2) is 15.9 Å². The third-order valence-electron chi connectivity index (χ3n) is 6.60. The number of aromatic nitrogens is 2. The van der Waals surface area contributed by atoms with Gasteiger partial charge >= 0.3 is 0 Å². The summed E-state index contributed by atoms with van der Waals surface area (Å²) in [6, 6.07) is 22.2. The van der Waals surface area contributed by atoms with Crippen LogP contribution >= 0.6 is 0 Å². The van der Waals surface area contributed by atoms with E-state index in [1.165, 1.54) is 0 Å². The molecular formula is C27H26N4O. The Labute approximate surface area is 187 Å². The molecule has 4 aromatic rings. The van der Waals surface area contributed by atoms with Gasteiger partial charge in [0.05, 0.1) is 16.6 Å². The number of carbonyl (C=O) groups excluding carboxylic acids is 1. The molecule has 1 amide bonds. The summed E-state index contributed by atoms with van der Waals surface area (Å²) in [7, 11) is 0. The van der Waals surface area contributed by atoms with E-state index in [1.54, 1.807) is 6.20 Å². The van der Waals surface area contributed by atoms with Crippen molar-refractivity contribution in [3.63, 3.8) is 0 Å². The number of pyridine rings is 2. The second kappa shape index (κ2) is 7.16. The first kappa shape index (κ1) is 20.2. The number of amides is 1. The van der Waals surface area contributed by atoms with E-state index in [4.69, 9.17) is 16.5 Å². The predicted octanol–water partition coefficient (Wildman–Crippen LogP) is 5.09.